The first kappa shape index (κ1) is 20.5. The van der Waals surface area contributed by atoms with Crippen LogP contribution in [0, 0.1) is 11.8 Å². The molecule has 1 atom stereocenters. The Bertz CT molecular complexity index is 921. The second-order valence-corrected chi connectivity index (χ2v) is 6.76. The predicted molar refractivity (Wildman–Crippen MR) is 100 cm³/mol. The summed E-state index contributed by atoms with van der Waals surface area (Å²) in [5.41, 5.74) is 4.48. The van der Waals surface area contributed by atoms with Crippen LogP contribution in [-0.2, 0) is 25.5 Å². The van der Waals surface area contributed by atoms with Crippen molar-refractivity contribution in [2.75, 3.05) is 6.61 Å². The molecular weight excluding hydrogens is 378 g/mol. The maximum atomic E-state index is 11.2. The third kappa shape index (κ3) is 4.96. The number of carbonyl (C=O) groups is 2. The molecule has 1 aliphatic heterocycles. The van der Waals surface area contributed by atoms with Gasteiger partial charge in [-0.05, 0) is 43.5 Å². The monoisotopic (exact) mass is 399 g/mol. The number of furan rings is 1. The van der Waals surface area contributed by atoms with Crippen molar-refractivity contribution in [3.8, 4) is 17.6 Å². The molecule has 8 heteroatoms. The summed E-state index contributed by atoms with van der Waals surface area (Å²) in [6.45, 7) is 1.88. The van der Waals surface area contributed by atoms with Crippen molar-refractivity contribution in [2.45, 2.75) is 37.7 Å². The summed E-state index contributed by atoms with van der Waals surface area (Å²) in [7, 11) is 0. The number of hydrogen-bond donors (Lipinski definition) is 2. The zero-order chi connectivity index (χ0) is 20.9. The van der Waals surface area contributed by atoms with Crippen molar-refractivity contribution in [1.29, 1.82) is 0 Å². The first-order valence-corrected chi connectivity index (χ1v) is 9.02. The molecule has 2 aromatic rings. The molecule has 0 saturated carbocycles. The van der Waals surface area contributed by atoms with E-state index in [1.165, 1.54) is 6.92 Å². The van der Waals surface area contributed by atoms with Gasteiger partial charge in [0.1, 0.15) is 17.0 Å². The lowest BCUT2D eigenvalue weighted by Crippen LogP contribution is -2.60. The fraction of sp³-hybridized carbons (Fsp3) is 0.333. The summed E-state index contributed by atoms with van der Waals surface area (Å²) >= 11 is 0. The second-order valence-electron chi connectivity index (χ2n) is 6.76. The molecular formula is C21H21NO7. The maximum Gasteiger partial charge on any atom is 0.422 e. The Morgan fingerprint density at radius 3 is 2.52 bits per heavy atom. The Morgan fingerprint density at radius 2 is 1.83 bits per heavy atom. The number of esters is 2. The van der Waals surface area contributed by atoms with Crippen LogP contribution in [0.3, 0.4) is 0 Å². The molecule has 3 rings (SSSR count). The van der Waals surface area contributed by atoms with Crippen LogP contribution < -0.4 is 10.5 Å². The highest BCUT2D eigenvalue weighted by molar-refractivity contribution is 6.31. The average Bonchev–Trinajstić information content (AvgIpc) is 3.25. The molecule has 0 aliphatic carbocycles. The van der Waals surface area contributed by atoms with E-state index in [0.29, 0.717) is 31.0 Å². The summed E-state index contributed by atoms with van der Waals surface area (Å²) in [4.78, 5) is 22.4. The van der Waals surface area contributed by atoms with Gasteiger partial charge in [0.05, 0.1) is 6.61 Å². The first-order chi connectivity index (χ1) is 13.8. The van der Waals surface area contributed by atoms with Gasteiger partial charge < -0.3 is 29.5 Å². The standard InChI is InChI=1S/C21H21NO7/c1-20(22,21(25)28-18(23)19(24)29-21)13-12-17-11-10-16(27-17)9-5-6-14-26-15-7-3-2-4-8-15/h2-4,7-8,10-11,25H,6,12-14,22H2,1H3/t20-/m1/s1. The van der Waals surface area contributed by atoms with Crippen LogP contribution in [0.1, 0.15) is 31.3 Å². The van der Waals surface area contributed by atoms with Gasteiger partial charge in [-0.3, -0.25) is 0 Å². The summed E-state index contributed by atoms with van der Waals surface area (Å²) in [5, 5.41) is 10.2. The molecule has 1 aromatic heterocycles. The van der Waals surface area contributed by atoms with Gasteiger partial charge in [0.2, 0.25) is 0 Å². The molecule has 1 aromatic carbocycles. The zero-order valence-electron chi connectivity index (χ0n) is 15.8. The molecule has 0 bridgehead atoms. The van der Waals surface area contributed by atoms with E-state index >= 15 is 0 Å². The molecule has 2 heterocycles. The molecule has 1 saturated heterocycles. The Kier molecular flexibility index (Phi) is 5.92. The quantitative estimate of drug-likeness (QED) is 0.311. The number of nitrogens with two attached hydrogens (primary N) is 1. The smallest absolute Gasteiger partial charge is 0.422 e. The Balaban J connectivity index is 1.48. The Morgan fingerprint density at radius 1 is 1.14 bits per heavy atom. The normalized spacial score (nSPS) is 16.9. The molecule has 8 nitrogen and oxygen atoms in total. The molecule has 1 aliphatic rings. The molecule has 152 valence electrons. The molecule has 0 radical (unpaired) electrons. The predicted octanol–water partition coefficient (Wildman–Crippen LogP) is 1.50. The molecule has 29 heavy (non-hydrogen) atoms. The van der Waals surface area contributed by atoms with Crippen molar-refractivity contribution in [1.82, 2.24) is 0 Å². The molecule has 0 spiro atoms. The Labute approximate surface area is 167 Å². The van der Waals surface area contributed by atoms with Gasteiger partial charge >= 0.3 is 17.9 Å². The van der Waals surface area contributed by atoms with Crippen molar-refractivity contribution in [3.05, 3.63) is 54.0 Å². The number of ether oxygens (including phenoxy) is 3. The lowest BCUT2D eigenvalue weighted by atomic mass is 9.93. The average molecular weight is 399 g/mol. The van der Waals surface area contributed by atoms with E-state index in [-0.39, 0.29) is 6.42 Å². The van der Waals surface area contributed by atoms with E-state index in [1.54, 1.807) is 12.1 Å². The van der Waals surface area contributed by atoms with E-state index in [0.717, 1.165) is 5.75 Å². The van der Waals surface area contributed by atoms with Gasteiger partial charge in [-0.15, -0.1) is 0 Å². The number of cyclic esters (lactones) is 2. The van der Waals surface area contributed by atoms with Crippen LogP contribution in [0.5, 0.6) is 5.75 Å². The van der Waals surface area contributed by atoms with Gasteiger partial charge in [0.15, 0.2) is 5.76 Å². The number of benzene rings is 1. The van der Waals surface area contributed by atoms with Gasteiger partial charge in [-0.25, -0.2) is 9.59 Å². The third-order valence-corrected chi connectivity index (χ3v) is 4.35. The number of aryl methyl sites for hydroxylation is 1. The highest BCUT2D eigenvalue weighted by Gasteiger charge is 2.58. The molecule has 0 amide bonds. The molecule has 0 unspecified atom stereocenters. The first-order valence-electron chi connectivity index (χ1n) is 9.02. The Hall–Kier alpha value is -3.28. The summed E-state index contributed by atoms with van der Waals surface area (Å²) in [6, 6.07) is 12.9. The van der Waals surface area contributed by atoms with E-state index in [1.807, 2.05) is 30.3 Å². The van der Waals surface area contributed by atoms with Crippen LogP contribution in [0.15, 0.2) is 46.9 Å². The minimum atomic E-state index is -2.50. The van der Waals surface area contributed by atoms with E-state index in [4.69, 9.17) is 14.9 Å². The van der Waals surface area contributed by atoms with E-state index in [9.17, 15) is 14.7 Å². The largest absolute Gasteiger partial charge is 0.493 e. The van der Waals surface area contributed by atoms with Gasteiger partial charge in [-0.1, -0.05) is 24.1 Å². The van der Waals surface area contributed by atoms with E-state index in [2.05, 4.69) is 21.3 Å². The number of hydrogen-bond acceptors (Lipinski definition) is 8. The summed E-state index contributed by atoms with van der Waals surface area (Å²) in [5.74, 6) is 2.66. The highest BCUT2D eigenvalue weighted by atomic mass is 16.9. The number of carbonyl (C=O) groups excluding carboxylic acids is 2. The van der Waals surface area contributed by atoms with Crippen molar-refractivity contribution < 1.29 is 33.3 Å². The SMILES string of the molecule is C[C@@](N)(CCc1ccc(C#CCCOc2ccccc2)o1)C1(O)OC(=O)C(=O)O1. The zero-order valence-corrected chi connectivity index (χ0v) is 15.8. The van der Waals surface area contributed by atoms with Crippen LogP contribution in [0.25, 0.3) is 0 Å². The number of rotatable bonds is 7. The maximum absolute atomic E-state index is 11.2. The minimum absolute atomic E-state index is 0.120. The van der Waals surface area contributed by atoms with Crippen LogP contribution in [0.2, 0.25) is 0 Å². The van der Waals surface area contributed by atoms with Crippen molar-refractivity contribution in [2.24, 2.45) is 5.73 Å². The lowest BCUT2D eigenvalue weighted by molar-refractivity contribution is -0.324. The van der Waals surface area contributed by atoms with Gasteiger partial charge in [0.25, 0.3) is 0 Å². The number of aliphatic hydroxyl groups is 1. The summed E-state index contributed by atoms with van der Waals surface area (Å²) < 4.78 is 20.3. The second kappa shape index (κ2) is 8.39. The summed E-state index contributed by atoms with van der Waals surface area (Å²) in [6.07, 6.45) is 0.966. The van der Waals surface area contributed by atoms with Crippen molar-refractivity contribution in [3.63, 3.8) is 0 Å². The van der Waals surface area contributed by atoms with Gasteiger partial charge in [-0.2, -0.15) is 0 Å². The fourth-order valence-electron chi connectivity index (χ4n) is 2.60. The van der Waals surface area contributed by atoms with Crippen LogP contribution >= 0.6 is 0 Å². The van der Waals surface area contributed by atoms with E-state index < -0.39 is 23.5 Å². The van der Waals surface area contributed by atoms with Crippen molar-refractivity contribution >= 4 is 11.9 Å². The van der Waals surface area contributed by atoms with Crippen LogP contribution in [0.4, 0.5) is 0 Å². The highest BCUT2D eigenvalue weighted by Crippen LogP contribution is 2.32. The third-order valence-electron chi connectivity index (χ3n) is 4.35. The molecule has 3 N–H and O–H groups in total. The lowest BCUT2D eigenvalue weighted by Gasteiger charge is -2.34. The fourth-order valence-corrected chi connectivity index (χ4v) is 2.60. The number of para-hydroxylation sites is 1. The topological polar surface area (TPSA) is 121 Å². The van der Waals surface area contributed by atoms with Crippen LogP contribution in [-0.4, -0.2) is 35.2 Å². The minimum Gasteiger partial charge on any atom is -0.493 e. The van der Waals surface area contributed by atoms with Gasteiger partial charge in [0, 0.05) is 12.8 Å². The molecule has 1 fully saturated rings.